The predicted octanol–water partition coefficient (Wildman–Crippen LogP) is 2.37. The summed E-state index contributed by atoms with van der Waals surface area (Å²) < 4.78 is 0. The van der Waals surface area contributed by atoms with Gasteiger partial charge in [0.15, 0.2) is 5.69 Å². The monoisotopic (exact) mass is 267 g/mol. The third-order valence-electron chi connectivity index (χ3n) is 1.76. The van der Waals surface area contributed by atoms with Gasteiger partial charge in [0.2, 0.25) is 0 Å². The molecule has 0 aliphatic carbocycles. The lowest BCUT2D eigenvalue weighted by Gasteiger charge is -1.99. The molecular formula is C10H6ClN3O2S. The zero-order valence-corrected chi connectivity index (χ0v) is 9.94. The average Bonchev–Trinajstić information content (AvgIpc) is 2.33. The summed E-state index contributed by atoms with van der Waals surface area (Å²) in [5, 5.41) is 10.5. The van der Waals surface area contributed by atoms with E-state index in [4.69, 9.17) is 16.7 Å². The number of carboxylic acid groups (broad SMARTS) is 1. The van der Waals surface area contributed by atoms with Crippen molar-refractivity contribution >= 4 is 29.3 Å². The largest absolute Gasteiger partial charge is 0.476 e. The summed E-state index contributed by atoms with van der Waals surface area (Å²) in [5.74, 6) is -1.10. The minimum atomic E-state index is -1.10. The number of pyridine rings is 1. The second-order valence-corrected chi connectivity index (χ2v) is 4.44. The number of aromatic carboxylic acids is 1. The molecule has 86 valence electrons. The van der Waals surface area contributed by atoms with Crippen LogP contribution in [0.25, 0.3) is 0 Å². The van der Waals surface area contributed by atoms with Crippen molar-refractivity contribution in [3.05, 3.63) is 41.4 Å². The van der Waals surface area contributed by atoms with E-state index in [1.54, 1.807) is 12.1 Å². The highest BCUT2D eigenvalue weighted by Crippen LogP contribution is 2.23. The van der Waals surface area contributed by atoms with Crippen molar-refractivity contribution in [1.82, 2.24) is 15.0 Å². The molecule has 0 unspecified atom stereocenters. The van der Waals surface area contributed by atoms with Crippen molar-refractivity contribution in [3.8, 4) is 0 Å². The maximum absolute atomic E-state index is 10.6. The Balaban J connectivity index is 2.13. The maximum Gasteiger partial charge on any atom is 0.356 e. The number of hydrogen-bond donors (Lipinski definition) is 1. The Morgan fingerprint density at radius 2 is 1.88 bits per heavy atom. The fourth-order valence-corrected chi connectivity index (χ4v) is 1.79. The van der Waals surface area contributed by atoms with E-state index < -0.39 is 5.97 Å². The number of carbonyl (C=O) groups is 1. The Hall–Kier alpha value is -1.66. The van der Waals surface area contributed by atoms with Crippen LogP contribution < -0.4 is 0 Å². The highest BCUT2D eigenvalue weighted by Gasteiger charge is 2.06. The number of hydrogen-bond acceptors (Lipinski definition) is 5. The molecule has 0 aliphatic heterocycles. The Morgan fingerprint density at radius 3 is 2.41 bits per heavy atom. The van der Waals surface area contributed by atoms with Gasteiger partial charge in [-0.15, -0.1) is 0 Å². The lowest BCUT2D eigenvalue weighted by atomic mass is 10.5. The van der Waals surface area contributed by atoms with Gasteiger partial charge in [-0.05, 0) is 23.9 Å². The normalized spacial score (nSPS) is 10.2. The second kappa shape index (κ2) is 5.11. The molecule has 0 saturated carbocycles. The summed E-state index contributed by atoms with van der Waals surface area (Å²) in [6.07, 6.45) is 4.13. The van der Waals surface area contributed by atoms with Crippen LogP contribution in [-0.4, -0.2) is 26.0 Å². The lowest BCUT2D eigenvalue weighted by molar-refractivity contribution is 0.0689. The topological polar surface area (TPSA) is 76.0 Å². The second-order valence-electron chi connectivity index (χ2n) is 2.96. The first-order valence-corrected chi connectivity index (χ1v) is 5.69. The van der Waals surface area contributed by atoms with E-state index in [2.05, 4.69) is 15.0 Å². The van der Waals surface area contributed by atoms with E-state index >= 15 is 0 Å². The lowest BCUT2D eigenvalue weighted by Crippen LogP contribution is -2.00. The Labute approximate surface area is 106 Å². The fourth-order valence-electron chi connectivity index (χ4n) is 1.01. The molecule has 7 heteroatoms. The molecule has 0 amide bonds. The molecule has 0 aliphatic rings. The third-order valence-corrected chi connectivity index (χ3v) is 2.85. The van der Waals surface area contributed by atoms with E-state index in [1.165, 1.54) is 30.4 Å². The van der Waals surface area contributed by atoms with Crippen LogP contribution in [0.15, 0.2) is 40.8 Å². The Morgan fingerprint density at radius 1 is 1.12 bits per heavy atom. The predicted molar refractivity (Wildman–Crippen MR) is 62.4 cm³/mol. The van der Waals surface area contributed by atoms with Crippen LogP contribution in [0, 0.1) is 0 Å². The standard InChI is InChI=1S/C10H6ClN3O2S/c11-6-1-2-8(13-3-6)17-9-5-12-7(4-14-9)10(15)16/h1-5H,(H,15,16). The van der Waals surface area contributed by atoms with E-state index in [9.17, 15) is 4.79 Å². The third kappa shape index (κ3) is 3.15. The molecule has 0 fully saturated rings. The van der Waals surface area contributed by atoms with Crippen molar-refractivity contribution in [1.29, 1.82) is 0 Å². The van der Waals surface area contributed by atoms with Crippen LogP contribution in [0.5, 0.6) is 0 Å². The summed E-state index contributed by atoms with van der Waals surface area (Å²) >= 11 is 6.99. The van der Waals surface area contributed by atoms with Gasteiger partial charge in [0.05, 0.1) is 17.4 Å². The summed E-state index contributed by atoms with van der Waals surface area (Å²) in [5.41, 5.74) is -0.0848. The minimum absolute atomic E-state index is 0.0848. The number of nitrogens with zero attached hydrogens (tertiary/aromatic N) is 3. The average molecular weight is 268 g/mol. The molecule has 0 bridgehead atoms. The van der Waals surface area contributed by atoms with Crippen LogP contribution >= 0.6 is 23.4 Å². The Kier molecular flexibility index (Phi) is 3.55. The molecule has 0 radical (unpaired) electrons. The first-order valence-electron chi connectivity index (χ1n) is 4.50. The summed E-state index contributed by atoms with van der Waals surface area (Å²) in [4.78, 5) is 22.4. The highest BCUT2D eigenvalue weighted by atomic mass is 35.5. The molecule has 1 N–H and O–H groups in total. The van der Waals surface area contributed by atoms with Gasteiger partial charge in [-0.25, -0.2) is 19.7 Å². The fraction of sp³-hybridized carbons (Fsp3) is 0. The quantitative estimate of drug-likeness (QED) is 0.920. The van der Waals surface area contributed by atoms with Crippen LogP contribution in [0.2, 0.25) is 5.02 Å². The van der Waals surface area contributed by atoms with Crippen LogP contribution in [-0.2, 0) is 0 Å². The molecular weight excluding hydrogens is 262 g/mol. The van der Waals surface area contributed by atoms with Gasteiger partial charge in [0, 0.05) is 6.20 Å². The van der Waals surface area contributed by atoms with Crippen molar-refractivity contribution in [2.75, 3.05) is 0 Å². The van der Waals surface area contributed by atoms with Gasteiger partial charge in [-0.3, -0.25) is 0 Å². The molecule has 17 heavy (non-hydrogen) atoms. The number of aromatic nitrogens is 3. The summed E-state index contributed by atoms with van der Waals surface area (Å²) in [6, 6.07) is 3.47. The smallest absolute Gasteiger partial charge is 0.356 e. The first kappa shape index (κ1) is 11.8. The highest BCUT2D eigenvalue weighted by molar-refractivity contribution is 7.99. The van der Waals surface area contributed by atoms with Crippen LogP contribution in [0.1, 0.15) is 10.5 Å². The number of halogens is 1. The molecule has 2 heterocycles. The minimum Gasteiger partial charge on any atom is -0.476 e. The molecule has 2 aromatic rings. The summed E-state index contributed by atoms with van der Waals surface area (Å²) in [6.45, 7) is 0. The molecule has 0 spiro atoms. The van der Waals surface area contributed by atoms with E-state index in [0.717, 1.165) is 0 Å². The van der Waals surface area contributed by atoms with Gasteiger partial charge >= 0.3 is 5.97 Å². The van der Waals surface area contributed by atoms with E-state index in [-0.39, 0.29) is 5.69 Å². The SMILES string of the molecule is O=C(O)c1cnc(Sc2ccc(Cl)cn2)cn1. The zero-order valence-electron chi connectivity index (χ0n) is 8.37. The van der Waals surface area contributed by atoms with Crippen LogP contribution in [0.4, 0.5) is 0 Å². The summed E-state index contributed by atoms with van der Waals surface area (Å²) in [7, 11) is 0. The van der Waals surface area contributed by atoms with Gasteiger partial charge in [-0.1, -0.05) is 11.6 Å². The number of rotatable bonds is 3. The van der Waals surface area contributed by atoms with Crippen molar-refractivity contribution in [2.24, 2.45) is 0 Å². The molecule has 0 atom stereocenters. The van der Waals surface area contributed by atoms with Crippen molar-refractivity contribution in [3.63, 3.8) is 0 Å². The van der Waals surface area contributed by atoms with Gasteiger partial charge in [-0.2, -0.15) is 0 Å². The molecule has 5 nitrogen and oxygen atoms in total. The van der Waals surface area contributed by atoms with Crippen LogP contribution in [0.3, 0.4) is 0 Å². The van der Waals surface area contributed by atoms with Gasteiger partial charge < -0.3 is 5.11 Å². The van der Waals surface area contributed by atoms with Gasteiger partial charge in [0.25, 0.3) is 0 Å². The number of carboxylic acids is 1. The van der Waals surface area contributed by atoms with E-state index in [0.29, 0.717) is 15.1 Å². The molecule has 0 saturated heterocycles. The molecule has 0 aromatic carbocycles. The molecule has 2 aromatic heterocycles. The first-order chi connectivity index (χ1) is 8.15. The van der Waals surface area contributed by atoms with E-state index in [1.807, 2.05) is 0 Å². The maximum atomic E-state index is 10.6. The molecule has 2 rings (SSSR count). The Bertz CT molecular complexity index is 530. The van der Waals surface area contributed by atoms with Gasteiger partial charge in [0.1, 0.15) is 10.1 Å². The zero-order chi connectivity index (χ0) is 12.3. The van der Waals surface area contributed by atoms with Crippen molar-refractivity contribution in [2.45, 2.75) is 10.1 Å². The van der Waals surface area contributed by atoms with Crippen molar-refractivity contribution < 1.29 is 9.90 Å².